The molecule has 0 aliphatic heterocycles. The van der Waals surface area contributed by atoms with Crippen LogP contribution in [-0.2, 0) is 11.2 Å². The molecule has 0 radical (unpaired) electrons. The predicted molar refractivity (Wildman–Crippen MR) is 80.7 cm³/mol. The number of aliphatic carboxylic acids is 1. The number of aliphatic hydroxyl groups excluding tert-OH is 1. The molecule has 1 aromatic heterocycles. The van der Waals surface area contributed by atoms with Gasteiger partial charge in [0, 0.05) is 23.1 Å². The van der Waals surface area contributed by atoms with Crippen LogP contribution in [0.15, 0.2) is 48.2 Å². The number of carbonyl (C=O) groups excluding carboxylic acids is 1. The Bertz CT molecular complexity index is 701. The molecule has 4 N–H and O–H groups in total. The third kappa shape index (κ3) is 3.93. The molecule has 1 heterocycles. The molecule has 0 bridgehead atoms. The largest absolute Gasteiger partial charge is 0.502 e. The molecule has 0 saturated carbocycles. The maximum atomic E-state index is 11.8. The van der Waals surface area contributed by atoms with Crippen LogP contribution in [0.5, 0.6) is 0 Å². The zero-order valence-electron chi connectivity index (χ0n) is 10.9. The van der Waals surface area contributed by atoms with Gasteiger partial charge in [0.2, 0.25) is 5.76 Å². The number of carbonyl (C=O) groups is 2. The lowest BCUT2D eigenvalue weighted by molar-refractivity contribution is -0.135. The molecule has 0 unspecified atom stereocenters. The van der Waals surface area contributed by atoms with Crippen LogP contribution in [0.25, 0.3) is 0 Å². The second kappa shape index (κ2) is 6.23. The average Bonchev–Trinajstić information content (AvgIpc) is 2.90. The number of ketones is 1. The van der Waals surface area contributed by atoms with Crippen LogP contribution in [0.3, 0.4) is 0 Å². The summed E-state index contributed by atoms with van der Waals surface area (Å²) in [5.74, 6) is -3.01. The number of allylic oxidation sites excluding steroid dienone is 1. The summed E-state index contributed by atoms with van der Waals surface area (Å²) in [6, 6.07) is 10.9. The van der Waals surface area contributed by atoms with Gasteiger partial charge in [-0.1, -0.05) is 12.1 Å². The molecule has 0 aliphatic carbocycles. The predicted octanol–water partition coefficient (Wildman–Crippen LogP) is 2.63. The van der Waals surface area contributed by atoms with Gasteiger partial charge in [0.25, 0.3) is 0 Å². The minimum Gasteiger partial charge on any atom is -0.502 e. The molecule has 0 fully saturated rings. The molecule has 0 amide bonds. The van der Waals surface area contributed by atoms with Crippen LogP contribution in [0.2, 0.25) is 0 Å². The minimum absolute atomic E-state index is 0.383. The molecule has 0 spiro atoms. The molecular weight excluding hydrogens is 290 g/mol. The van der Waals surface area contributed by atoms with Crippen LogP contribution in [-0.4, -0.2) is 22.0 Å². The number of nitrogens with two attached hydrogens (primary N) is 1. The molecule has 2 rings (SSSR count). The third-order valence-electron chi connectivity index (χ3n) is 2.75. The second-order valence-corrected chi connectivity index (χ2v) is 5.55. The fraction of sp³-hybridized carbons (Fsp3) is 0.0667. The number of nitrogen functional groups attached to an aromatic ring is 1. The molecule has 5 nitrogen and oxygen atoms in total. The summed E-state index contributed by atoms with van der Waals surface area (Å²) in [5, 5.41) is 17.6. The van der Waals surface area contributed by atoms with Crippen molar-refractivity contribution < 1.29 is 19.8 Å². The summed E-state index contributed by atoms with van der Waals surface area (Å²) >= 11 is 1.26. The quantitative estimate of drug-likeness (QED) is 0.341. The normalized spacial score (nSPS) is 11.3. The Balaban J connectivity index is 2.11. The number of anilines is 1. The van der Waals surface area contributed by atoms with Crippen molar-refractivity contribution in [2.45, 2.75) is 6.42 Å². The molecule has 108 valence electrons. The molecule has 0 atom stereocenters. The molecule has 2 aromatic rings. The maximum Gasteiger partial charge on any atom is 0.371 e. The SMILES string of the molecule is Nc1ccc(Cc2ccc(C(=O)/C=C(\O)C(=O)O)s2)cc1. The number of benzene rings is 1. The van der Waals surface area contributed by atoms with Crippen LogP contribution < -0.4 is 5.73 Å². The van der Waals surface area contributed by atoms with Gasteiger partial charge in [0.15, 0.2) is 5.78 Å². The maximum absolute atomic E-state index is 11.8. The molecule has 21 heavy (non-hydrogen) atoms. The van der Waals surface area contributed by atoms with E-state index in [1.165, 1.54) is 11.3 Å². The van der Waals surface area contributed by atoms with Gasteiger partial charge in [-0.2, -0.15) is 0 Å². The Labute approximate surface area is 125 Å². The van der Waals surface area contributed by atoms with Crippen molar-refractivity contribution in [1.82, 2.24) is 0 Å². The van der Waals surface area contributed by atoms with Crippen molar-refractivity contribution in [3.05, 3.63) is 63.6 Å². The lowest BCUT2D eigenvalue weighted by atomic mass is 10.1. The first kappa shape index (κ1) is 14.8. The van der Waals surface area contributed by atoms with E-state index < -0.39 is 17.5 Å². The van der Waals surface area contributed by atoms with Gasteiger partial charge in [-0.25, -0.2) is 4.79 Å². The first-order chi connectivity index (χ1) is 9.95. The van der Waals surface area contributed by atoms with E-state index >= 15 is 0 Å². The molecule has 1 aromatic carbocycles. The number of hydrogen-bond acceptors (Lipinski definition) is 5. The smallest absolute Gasteiger partial charge is 0.371 e. The Hall–Kier alpha value is -2.60. The van der Waals surface area contributed by atoms with Crippen LogP contribution >= 0.6 is 11.3 Å². The number of hydrogen-bond donors (Lipinski definition) is 3. The van der Waals surface area contributed by atoms with E-state index in [0.717, 1.165) is 10.4 Å². The monoisotopic (exact) mass is 303 g/mol. The van der Waals surface area contributed by atoms with Crippen molar-refractivity contribution in [2.24, 2.45) is 0 Å². The Morgan fingerprint density at radius 3 is 2.38 bits per heavy atom. The molecule has 0 saturated heterocycles. The number of thiophene rings is 1. The summed E-state index contributed by atoms with van der Waals surface area (Å²) in [7, 11) is 0. The zero-order chi connectivity index (χ0) is 15.4. The van der Waals surface area contributed by atoms with E-state index in [1.54, 1.807) is 12.1 Å². The standard InChI is InChI=1S/C15H13NO4S/c16-10-3-1-9(2-4-10)7-11-5-6-14(21-11)12(17)8-13(18)15(19)20/h1-6,8,18H,7,16H2,(H,19,20)/b13-8-. The fourth-order valence-corrected chi connectivity index (χ4v) is 2.65. The topological polar surface area (TPSA) is 101 Å². The van der Waals surface area contributed by atoms with E-state index in [-0.39, 0.29) is 0 Å². The zero-order valence-corrected chi connectivity index (χ0v) is 11.8. The van der Waals surface area contributed by atoms with Crippen molar-refractivity contribution >= 4 is 28.8 Å². The van der Waals surface area contributed by atoms with Gasteiger partial charge in [0.05, 0.1) is 4.88 Å². The fourth-order valence-electron chi connectivity index (χ4n) is 1.70. The number of carboxylic acid groups (broad SMARTS) is 1. The molecular formula is C15H13NO4S. The number of rotatable bonds is 5. The highest BCUT2D eigenvalue weighted by molar-refractivity contribution is 7.14. The summed E-state index contributed by atoms with van der Waals surface area (Å²) in [4.78, 5) is 23.6. The Morgan fingerprint density at radius 2 is 1.76 bits per heavy atom. The van der Waals surface area contributed by atoms with Crippen molar-refractivity contribution in [3.8, 4) is 0 Å². The van der Waals surface area contributed by atoms with Gasteiger partial charge in [-0.15, -0.1) is 11.3 Å². The third-order valence-corrected chi connectivity index (χ3v) is 3.85. The number of carboxylic acids is 1. The summed E-state index contributed by atoms with van der Waals surface area (Å²) in [6.07, 6.45) is 1.37. The second-order valence-electron chi connectivity index (χ2n) is 4.38. The lowest BCUT2D eigenvalue weighted by Gasteiger charge is -1.99. The summed E-state index contributed by atoms with van der Waals surface area (Å²) in [6.45, 7) is 0. The van der Waals surface area contributed by atoms with Gasteiger partial charge in [-0.05, 0) is 29.8 Å². The van der Waals surface area contributed by atoms with E-state index in [0.29, 0.717) is 23.1 Å². The average molecular weight is 303 g/mol. The lowest BCUT2D eigenvalue weighted by Crippen LogP contribution is -2.02. The van der Waals surface area contributed by atoms with Gasteiger partial charge in [0.1, 0.15) is 0 Å². The van der Waals surface area contributed by atoms with Crippen LogP contribution in [0, 0.1) is 0 Å². The van der Waals surface area contributed by atoms with Crippen molar-refractivity contribution in [2.75, 3.05) is 5.73 Å². The number of aliphatic hydroxyl groups is 1. The van der Waals surface area contributed by atoms with E-state index in [2.05, 4.69) is 0 Å². The van der Waals surface area contributed by atoms with Crippen molar-refractivity contribution in [1.29, 1.82) is 0 Å². The minimum atomic E-state index is -1.53. The Kier molecular flexibility index (Phi) is 4.39. The van der Waals surface area contributed by atoms with Crippen LogP contribution in [0.1, 0.15) is 20.1 Å². The first-order valence-electron chi connectivity index (χ1n) is 6.07. The van der Waals surface area contributed by atoms with E-state index in [1.807, 2.05) is 24.3 Å². The van der Waals surface area contributed by atoms with Gasteiger partial charge >= 0.3 is 5.97 Å². The van der Waals surface area contributed by atoms with Crippen LogP contribution in [0.4, 0.5) is 5.69 Å². The molecule has 6 heteroatoms. The van der Waals surface area contributed by atoms with Gasteiger partial charge in [-0.3, -0.25) is 4.79 Å². The van der Waals surface area contributed by atoms with E-state index in [9.17, 15) is 9.59 Å². The first-order valence-corrected chi connectivity index (χ1v) is 6.89. The Morgan fingerprint density at radius 1 is 1.10 bits per heavy atom. The highest BCUT2D eigenvalue weighted by Gasteiger charge is 2.12. The van der Waals surface area contributed by atoms with Gasteiger partial charge < -0.3 is 15.9 Å². The van der Waals surface area contributed by atoms with E-state index in [4.69, 9.17) is 15.9 Å². The summed E-state index contributed by atoms with van der Waals surface area (Å²) in [5.41, 5.74) is 7.37. The summed E-state index contributed by atoms with van der Waals surface area (Å²) < 4.78 is 0. The molecule has 0 aliphatic rings. The highest BCUT2D eigenvalue weighted by Crippen LogP contribution is 2.21. The highest BCUT2D eigenvalue weighted by atomic mass is 32.1. The van der Waals surface area contributed by atoms with Crippen molar-refractivity contribution in [3.63, 3.8) is 0 Å².